The second-order valence-corrected chi connectivity index (χ2v) is 8.39. The van der Waals surface area contributed by atoms with Crippen molar-refractivity contribution < 1.29 is 19.1 Å². The molecule has 166 valence electrons. The van der Waals surface area contributed by atoms with Crippen LogP contribution in [-0.4, -0.2) is 49.1 Å². The Morgan fingerprint density at radius 1 is 1.27 bits per heavy atom. The van der Waals surface area contributed by atoms with E-state index < -0.39 is 0 Å². The fourth-order valence-electron chi connectivity index (χ4n) is 4.19. The lowest BCUT2D eigenvalue weighted by atomic mass is 9.99. The van der Waals surface area contributed by atoms with Gasteiger partial charge >= 0.3 is 0 Å². The lowest BCUT2D eigenvalue weighted by molar-refractivity contribution is -0.149. The van der Waals surface area contributed by atoms with Crippen molar-refractivity contribution in [2.24, 2.45) is 0 Å². The number of hydrogen-bond acceptors (Lipinski definition) is 4. The van der Waals surface area contributed by atoms with Crippen LogP contribution in [0.1, 0.15) is 76.0 Å². The zero-order chi connectivity index (χ0) is 21.5. The Morgan fingerprint density at radius 3 is 2.70 bits per heavy atom. The molecule has 1 aliphatic heterocycles. The molecule has 1 aromatic rings. The van der Waals surface area contributed by atoms with Gasteiger partial charge in [-0.2, -0.15) is 0 Å². The van der Waals surface area contributed by atoms with Crippen molar-refractivity contribution in [3.8, 4) is 5.75 Å². The van der Waals surface area contributed by atoms with Crippen molar-refractivity contribution in [3.05, 3.63) is 29.3 Å². The number of aryl methyl sites for hydroxylation is 1. The fraction of sp³-hybridized carbons (Fsp3) is 0.667. The fourth-order valence-corrected chi connectivity index (χ4v) is 4.19. The molecule has 3 rings (SSSR count). The van der Waals surface area contributed by atoms with Gasteiger partial charge in [0.2, 0.25) is 5.91 Å². The molecule has 1 aromatic carbocycles. The normalized spacial score (nSPS) is 19.8. The Balaban J connectivity index is 1.70. The van der Waals surface area contributed by atoms with Crippen molar-refractivity contribution in [1.29, 1.82) is 0 Å². The van der Waals surface area contributed by atoms with Gasteiger partial charge in [0.15, 0.2) is 0 Å². The standard InChI is InChI=1S/C24H36N2O4/c1-4-23(27)25-14-7-8-19-16-18(10-13-21(19)29-3)17(2)26(20-11-12-20)24(28)22-9-5-6-15-30-22/h10,13,16-17,20,22H,4-9,11-12,14-15H2,1-3H3,(H,25,27)/t17-,22-/m1/s1. The molecule has 0 aromatic heterocycles. The number of nitrogens with one attached hydrogen (secondary N) is 1. The number of hydrogen-bond donors (Lipinski definition) is 1. The van der Waals surface area contributed by atoms with Crippen molar-refractivity contribution in [3.63, 3.8) is 0 Å². The van der Waals surface area contributed by atoms with Crippen molar-refractivity contribution >= 4 is 11.8 Å². The number of ether oxygens (including phenoxy) is 2. The lowest BCUT2D eigenvalue weighted by Crippen LogP contribution is -2.44. The van der Waals surface area contributed by atoms with E-state index >= 15 is 0 Å². The second-order valence-electron chi connectivity index (χ2n) is 8.39. The van der Waals surface area contributed by atoms with E-state index in [9.17, 15) is 9.59 Å². The third-order valence-electron chi connectivity index (χ3n) is 6.12. The molecular weight excluding hydrogens is 380 g/mol. The van der Waals surface area contributed by atoms with E-state index in [0.717, 1.165) is 61.8 Å². The summed E-state index contributed by atoms with van der Waals surface area (Å²) in [6.45, 7) is 5.31. The highest BCUT2D eigenvalue weighted by Crippen LogP contribution is 2.37. The third-order valence-corrected chi connectivity index (χ3v) is 6.12. The van der Waals surface area contributed by atoms with Gasteiger partial charge in [0.05, 0.1) is 13.2 Å². The van der Waals surface area contributed by atoms with Gasteiger partial charge < -0.3 is 19.7 Å². The maximum atomic E-state index is 13.2. The maximum absolute atomic E-state index is 13.2. The monoisotopic (exact) mass is 416 g/mol. The minimum Gasteiger partial charge on any atom is -0.496 e. The molecule has 2 amide bonds. The topological polar surface area (TPSA) is 67.9 Å². The Kier molecular flexibility index (Phi) is 8.14. The molecule has 2 atom stereocenters. The summed E-state index contributed by atoms with van der Waals surface area (Å²) in [6.07, 6.45) is 6.96. The molecular formula is C24H36N2O4. The average molecular weight is 417 g/mol. The van der Waals surface area contributed by atoms with Crippen LogP contribution in [-0.2, 0) is 20.7 Å². The van der Waals surface area contributed by atoms with Crippen LogP contribution >= 0.6 is 0 Å². The zero-order valence-electron chi connectivity index (χ0n) is 18.6. The first-order chi connectivity index (χ1) is 14.5. The SMILES string of the molecule is CCC(=O)NCCCc1cc([C@@H](C)N(C(=O)[C@H]2CCCCO2)C2CC2)ccc1OC. The molecule has 0 radical (unpaired) electrons. The molecule has 30 heavy (non-hydrogen) atoms. The van der Waals surface area contributed by atoms with Crippen LogP contribution < -0.4 is 10.1 Å². The van der Waals surface area contributed by atoms with Crippen molar-refractivity contribution in [1.82, 2.24) is 10.2 Å². The Labute approximate surface area is 180 Å². The van der Waals surface area contributed by atoms with E-state index in [1.54, 1.807) is 7.11 Å². The van der Waals surface area contributed by atoms with Crippen LogP contribution in [0.15, 0.2) is 18.2 Å². The van der Waals surface area contributed by atoms with Crippen LogP contribution in [0.4, 0.5) is 0 Å². The van der Waals surface area contributed by atoms with Gasteiger partial charge in [-0.05, 0) is 69.1 Å². The summed E-state index contributed by atoms with van der Waals surface area (Å²) >= 11 is 0. The first-order valence-electron chi connectivity index (χ1n) is 11.4. The van der Waals surface area contributed by atoms with Crippen LogP contribution in [0.5, 0.6) is 5.75 Å². The quantitative estimate of drug-likeness (QED) is 0.590. The number of rotatable bonds is 10. The molecule has 1 saturated heterocycles. The van der Waals surface area contributed by atoms with Gasteiger partial charge in [-0.25, -0.2) is 0 Å². The first-order valence-corrected chi connectivity index (χ1v) is 11.4. The summed E-state index contributed by atoms with van der Waals surface area (Å²) in [6, 6.07) is 6.55. The van der Waals surface area contributed by atoms with Gasteiger partial charge in [-0.3, -0.25) is 9.59 Å². The van der Waals surface area contributed by atoms with Crippen molar-refractivity contribution in [2.45, 2.75) is 83.4 Å². The molecule has 1 saturated carbocycles. The van der Waals surface area contributed by atoms with E-state index in [1.807, 2.05) is 13.0 Å². The minimum absolute atomic E-state index is 0.0000215. The third kappa shape index (κ3) is 5.75. The molecule has 0 spiro atoms. The van der Waals surface area contributed by atoms with E-state index in [1.165, 1.54) is 0 Å². The average Bonchev–Trinajstić information content (AvgIpc) is 3.62. The summed E-state index contributed by atoms with van der Waals surface area (Å²) in [5.41, 5.74) is 2.24. The molecule has 6 heteroatoms. The van der Waals surface area contributed by atoms with E-state index in [2.05, 4.69) is 29.3 Å². The molecule has 1 aliphatic carbocycles. The van der Waals surface area contributed by atoms with Gasteiger partial charge in [0.25, 0.3) is 5.91 Å². The first kappa shape index (κ1) is 22.6. The summed E-state index contributed by atoms with van der Waals surface area (Å²) in [5, 5.41) is 2.92. The van der Waals surface area contributed by atoms with Crippen LogP contribution in [0, 0.1) is 0 Å². The summed E-state index contributed by atoms with van der Waals surface area (Å²) in [7, 11) is 1.68. The van der Waals surface area contributed by atoms with Crippen molar-refractivity contribution in [2.75, 3.05) is 20.3 Å². The molecule has 2 fully saturated rings. The van der Waals surface area contributed by atoms with Gasteiger partial charge in [0, 0.05) is 25.6 Å². The summed E-state index contributed by atoms with van der Waals surface area (Å²) in [4.78, 5) is 26.7. The lowest BCUT2D eigenvalue weighted by Gasteiger charge is -2.34. The molecule has 0 unspecified atom stereocenters. The number of carbonyl (C=O) groups is 2. The molecule has 6 nitrogen and oxygen atoms in total. The van der Waals surface area contributed by atoms with E-state index in [0.29, 0.717) is 25.6 Å². The molecule has 0 bridgehead atoms. The zero-order valence-corrected chi connectivity index (χ0v) is 18.6. The Bertz CT molecular complexity index is 726. The Morgan fingerprint density at radius 2 is 2.07 bits per heavy atom. The van der Waals surface area contributed by atoms with Gasteiger partial charge in [0.1, 0.15) is 11.9 Å². The summed E-state index contributed by atoms with van der Waals surface area (Å²) in [5.74, 6) is 1.07. The molecule has 2 aliphatic rings. The number of nitrogens with zero attached hydrogens (tertiary/aromatic N) is 1. The minimum atomic E-state index is -0.290. The van der Waals surface area contributed by atoms with E-state index in [-0.39, 0.29) is 24.0 Å². The number of amides is 2. The van der Waals surface area contributed by atoms with Gasteiger partial charge in [-0.1, -0.05) is 19.1 Å². The predicted octanol–water partition coefficient (Wildman–Crippen LogP) is 3.78. The highest BCUT2D eigenvalue weighted by atomic mass is 16.5. The van der Waals surface area contributed by atoms with Crippen LogP contribution in [0.2, 0.25) is 0 Å². The highest BCUT2D eigenvalue weighted by molar-refractivity contribution is 5.82. The van der Waals surface area contributed by atoms with E-state index in [4.69, 9.17) is 9.47 Å². The van der Waals surface area contributed by atoms with Crippen LogP contribution in [0.3, 0.4) is 0 Å². The number of methoxy groups -OCH3 is 1. The van der Waals surface area contributed by atoms with Gasteiger partial charge in [-0.15, -0.1) is 0 Å². The second kappa shape index (κ2) is 10.8. The highest BCUT2D eigenvalue weighted by Gasteiger charge is 2.39. The Hall–Kier alpha value is -2.08. The largest absolute Gasteiger partial charge is 0.496 e. The predicted molar refractivity (Wildman–Crippen MR) is 116 cm³/mol. The smallest absolute Gasteiger partial charge is 0.252 e. The maximum Gasteiger partial charge on any atom is 0.252 e. The number of benzene rings is 1. The summed E-state index contributed by atoms with van der Waals surface area (Å²) < 4.78 is 11.3. The molecule has 1 heterocycles. The molecule has 1 N–H and O–H groups in total. The van der Waals surface area contributed by atoms with Crippen LogP contribution in [0.25, 0.3) is 0 Å². The number of carbonyl (C=O) groups excluding carboxylic acids is 2.